The molecule has 3 rings (SSSR count). The Balaban J connectivity index is 1.91. The van der Waals surface area contributed by atoms with Crippen LogP contribution in [0.2, 0.25) is 0 Å². The summed E-state index contributed by atoms with van der Waals surface area (Å²) < 4.78 is 13.5. The van der Waals surface area contributed by atoms with Gasteiger partial charge in [-0.15, -0.1) is 0 Å². The van der Waals surface area contributed by atoms with Crippen LogP contribution < -0.4 is 10.2 Å². The molecule has 0 aliphatic carbocycles. The first-order chi connectivity index (χ1) is 9.66. The van der Waals surface area contributed by atoms with E-state index in [2.05, 4.69) is 12.2 Å². The second-order valence-electron chi connectivity index (χ2n) is 5.84. The number of fused-ring (bicyclic) bond motifs is 1. The lowest BCUT2D eigenvalue weighted by atomic mass is 9.90. The summed E-state index contributed by atoms with van der Waals surface area (Å²) in [6, 6.07) is 4.77. The van der Waals surface area contributed by atoms with E-state index < -0.39 is 5.54 Å². The van der Waals surface area contributed by atoms with Crippen molar-refractivity contribution in [2.45, 2.75) is 44.6 Å². The van der Waals surface area contributed by atoms with E-state index in [0.29, 0.717) is 6.54 Å². The van der Waals surface area contributed by atoms with Gasteiger partial charge >= 0.3 is 0 Å². The Kier molecular flexibility index (Phi) is 3.50. The van der Waals surface area contributed by atoms with E-state index in [-0.39, 0.29) is 11.7 Å². The Hall–Kier alpha value is -1.42. The number of benzene rings is 1. The fourth-order valence-corrected chi connectivity index (χ4v) is 3.56. The number of anilines is 1. The molecular formula is C16H21FN2O. The van der Waals surface area contributed by atoms with Gasteiger partial charge in [0.1, 0.15) is 5.82 Å². The van der Waals surface area contributed by atoms with Gasteiger partial charge in [0.05, 0.1) is 5.54 Å². The minimum atomic E-state index is -0.428. The highest BCUT2D eigenvalue weighted by atomic mass is 19.1. The molecule has 4 heteroatoms. The van der Waals surface area contributed by atoms with Crippen molar-refractivity contribution in [3.63, 3.8) is 0 Å². The standard InChI is InChI=1S/C16H21FN2O/c1-2-7-16(8-3-9-18-16)15(20)19-10-6-12-4-5-13(17)11-14(12)19/h4-5,11,18H,2-3,6-10H2,1H3. The van der Waals surface area contributed by atoms with Gasteiger partial charge in [-0.25, -0.2) is 4.39 Å². The molecule has 2 aliphatic rings. The van der Waals surface area contributed by atoms with Crippen molar-refractivity contribution < 1.29 is 9.18 Å². The molecule has 2 aliphatic heterocycles. The maximum absolute atomic E-state index is 13.5. The fourth-order valence-electron chi connectivity index (χ4n) is 3.56. The molecule has 1 saturated heterocycles. The van der Waals surface area contributed by atoms with E-state index in [1.165, 1.54) is 12.1 Å². The maximum atomic E-state index is 13.5. The summed E-state index contributed by atoms with van der Waals surface area (Å²) in [5, 5.41) is 3.41. The molecule has 1 amide bonds. The molecule has 1 aromatic carbocycles. The summed E-state index contributed by atoms with van der Waals surface area (Å²) >= 11 is 0. The zero-order valence-corrected chi connectivity index (χ0v) is 11.9. The number of rotatable bonds is 3. The summed E-state index contributed by atoms with van der Waals surface area (Å²) in [6.07, 6.45) is 4.58. The van der Waals surface area contributed by atoms with Crippen molar-refractivity contribution in [1.29, 1.82) is 0 Å². The minimum absolute atomic E-state index is 0.126. The van der Waals surface area contributed by atoms with Gasteiger partial charge in [-0.1, -0.05) is 19.4 Å². The third-order valence-corrected chi connectivity index (χ3v) is 4.52. The molecule has 1 unspecified atom stereocenters. The smallest absolute Gasteiger partial charge is 0.247 e. The highest BCUT2D eigenvalue weighted by Gasteiger charge is 2.44. The summed E-state index contributed by atoms with van der Waals surface area (Å²) in [6.45, 7) is 3.67. The van der Waals surface area contributed by atoms with Gasteiger partial charge in [0.15, 0.2) is 0 Å². The van der Waals surface area contributed by atoms with Crippen molar-refractivity contribution in [2.24, 2.45) is 0 Å². The zero-order valence-electron chi connectivity index (χ0n) is 11.9. The van der Waals surface area contributed by atoms with Gasteiger partial charge in [-0.05, 0) is 49.9 Å². The predicted octanol–water partition coefficient (Wildman–Crippen LogP) is 2.64. The number of hydrogen-bond acceptors (Lipinski definition) is 2. The van der Waals surface area contributed by atoms with Crippen LogP contribution >= 0.6 is 0 Å². The molecule has 1 atom stereocenters. The Morgan fingerprint density at radius 2 is 2.35 bits per heavy atom. The van der Waals surface area contributed by atoms with E-state index in [9.17, 15) is 9.18 Å². The summed E-state index contributed by atoms with van der Waals surface area (Å²) in [7, 11) is 0. The van der Waals surface area contributed by atoms with Crippen LogP contribution in [0, 0.1) is 5.82 Å². The van der Waals surface area contributed by atoms with Gasteiger partial charge in [0, 0.05) is 12.2 Å². The average molecular weight is 276 g/mol. The normalized spacial score (nSPS) is 25.0. The second-order valence-corrected chi connectivity index (χ2v) is 5.84. The number of hydrogen-bond donors (Lipinski definition) is 1. The Morgan fingerprint density at radius 3 is 3.05 bits per heavy atom. The molecule has 3 nitrogen and oxygen atoms in total. The SMILES string of the molecule is CCCC1(C(=O)N2CCc3ccc(F)cc32)CCCN1. The molecule has 1 fully saturated rings. The minimum Gasteiger partial charge on any atom is -0.310 e. The van der Waals surface area contributed by atoms with Crippen molar-refractivity contribution in [2.75, 3.05) is 18.0 Å². The quantitative estimate of drug-likeness (QED) is 0.920. The molecule has 0 radical (unpaired) electrons. The summed E-state index contributed by atoms with van der Waals surface area (Å²) in [4.78, 5) is 14.8. The highest BCUT2D eigenvalue weighted by molar-refractivity contribution is 6.02. The summed E-state index contributed by atoms with van der Waals surface area (Å²) in [5.74, 6) is -0.145. The molecule has 1 aromatic rings. The van der Waals surface area contributed by atoms with Crippen LogP contribution in [0.3, 0.4) is 0 Å². The van der Waals surface area contributed by atoms with E-state index in [0.717, 1.165) is 49.9 Å². The number of nitrogens with one attached hydrogen (secondary N) is 1. The lowest BCUT2D eigenvalue weighted by molar-refractivity contribution is -0.124. The highest BCUT2D eigenvalue weighted by Crippen LogP contribution is 2.34. The van der Waals surface area contributed by atoms with Crippen LogP contribution in [0.4, 0.5) is 10.1 Å². The van der Waals surface area contributed by atoms with Crippen LogP contribution in [-0.4, -0.2) is 24.5 Å². The van der Waals surface area contributed by atoms with Gasteiger partial charge in [-0.3, -0.25) is 4.79 Å². The van der Waals surface area contributed by atoms with Crippen LogP contribution in [0.5, 0.6) is 0 Å². The van der Waals surface area contributed by atoms with E-state index in [4.69, 9.17) is 0 Å². The third kappa shape index (κ3) is 2.12. The van der Waals surface area contributed by atoms with Crippen LogP contribution in [0.25, 0.3) is 0 Å². The summed E-state index contributed by atoms with van der Waals surface area (Å²) in [5.41, 5.74) is 1.41. The van der Waals surface area contributed by atoms with Crippen LogP contribution in [-0.2, 0) is 11.2 Å². The largest absolute Gasteiger partial charge is 0.310 e. The molecule has 20 heavy (non-hydrogen) atoms. The van der Waals surface area contributed by atoms with Gasteiger partial charge in [0.2, 0.25) is 5.91 Å². The fraction of sp³-hybridized carbons (Fsp3) is 0.562. The molecule has 0 spiro atoms. The first-order valence-electron chi connectivity index (χ1n) is 7.52. The van der Waals surface area contributed by atoms with E-state index in [1.807, 2.05) is 0 Å². The van der Waals surface area contributed by atoms with Gasteiger partial charge < -0.3 is 10.2 Å². The zero-order chi connectivity index (χ0) is 14.2. The van der Waals surface area contributed by atoms with Crippen molar-refractivity contribution in [3.8, 4) is 0 Å². The lowest BCUT2D eigenvalue weighted by Crippen LogP contribution is -2.54. The predicted molar refractivity (Wildman–Crippen MR) is 77.3 cm³/mol. The first kappa shape index (κ1) is 13.6. The van der Waals surface area contributed by atoms with E-state index in [1.54, 1.807) is 11.0 Å². The molecule has 108 valence electrons. The Morgan fingerprint density at radius 1 is 1.50 bits per heavy atom. The van der Waals surface area contributed by atoms with Crippen molar-refractivity contribution >= 4 is 11.6 Å². The Labute approximate surface area is 119 Å². The lowest BCUT2D eigenvalue weighted by Gasteiger charge is -2.32. The molecular weight excluding hydrogens is 255 g/mol. The maximum Gasteiger partial charge on any atom is 0.247 e. The van der Waals surface area contributed by atoms with Crippen molar-refractivity contribution in [3.05, 3.63) is 29.6 Å². The second kappa shape index (κ2) is 5.17. The first-order valence-corrected chi connectivity index (χ1v) is 7.52. The molecule has 1 N–H and O–H groups in total. The monoisotopic (exact) mass is 276 g/mol. The van der Waals surface area contributed by atoms with Crippen molar-refractivity contribution in [1.82, 2.24) is 5.32 Å². The molecule has 0 saturated carbocycles. The average Bonchev–Trinajstić information content (AvgIpc) is 3.05. The van der Waals surface area contributed by atoms with Crippen LogP contribution in [0.15, 0.2) is 18.2 Å². The molecule has 0 bridgehead atoms. The van der Waals surface area contributed by atoms with Gasteiger partial charge in [-0.2, -0.15) is 0 Å². The topological polar surface area (TPSA) is 32.3 Å². The van der Waals surface area contributed by atoms with Gasteiger partial charge in [0.25, 0.3) is 0 Å². The van der Waals surface area contributed by atoms with Crippen LogP contribution in [0.1, 0.15) is 38.2 Å². The molecule has 0 aromatic heterocycles. The van der Waals surface area contributed by atoms with E-state index >= 15 is 0 Å². The molecule has 2 heterocycles. The third-order valence-electron chi connectivity index (χ3n) is 4.52. The number of carbonyl (C=O) groups is 1. The number of nitrogens with zero attached hydrogens (tertiary/aromatic N) is 1. The number of amides is 1. The Bertz CT molecular complexity index is 523. The number of carbonyl (C=O) groups excluding carboxylic acids is 1. The number of halogens is 1.